The summed E-state index contributed by atoms with van der Waals surface area (Å²) in [4.78, 5) is 0. The molecule has 0 amide bonds. The number of para-hydroxylation sites is 3. The van der Waals surface area contributed by atoms with E-state index in [0.29, 0.717) is 0 Å². The van der Waals surface area contributed by atoms with Crippen LogP contribution in [0, 0.1) is 0 Å². The van der Waals surface area contributed by atoms with Crippen LogP contribution in [-0.4, -0.2) is 15.8 Å². The molecule has 0 saturated carbocycles. The van der Waals surface area contributed by atoms with Crippen molar-refractivity contribution in [2.75, 3.05) is 0 Å². The molecule has 2 aliphatic heterocycles. The van der Waals surface area contributed by atoms with Crippen molar-refractivity contribution in [3.8, 4) is 22.5 Å². The zero-order valence-electron chi connectivity index (χ0n) is 21.1. The van der Waals surface area contributed by atoms with Gasteiger partial charge in [-0.3, -0.25) is 0 Å². The first-order chi connectivity index (χ1) is 19.4. The maximum Gasteiger partial charge on any atom is 0.252 e. The average molecular weight is 492 g/mol. The number of rotatable bonds is 1. The predicted molar refractivity (Wildman–Crippen MR) is 165 cm³/mol. The molecule has 3 heteroatoms. The van der Waals surface area contributed by atoms with E-state index >= 15 is 0 Å². The molecule has 0 fully saturated rings. The van der Waals surface area contributed by atoms with Gasteiger partial charge < -0.3 is 9.13 Å². The van der Waals surface area contributed by atoms with Crippen molar-refractivity contribution < 1.29 is 0 Å². The van der Waals surface area contributed by atoms with Crippen LogP contribution >= 0.6 is 0 Å². The van der Waals surface area contributed by atoms with Crippen LogP contribution in [0.25, 0.3) is 66.1 Å². The summed E-state index contributed by atoms with van der Waals surface area (Å²) in [5, 5.41) is 5.30. The molecule has 2 aliphatic rings. The fourth-order valence-electron chi connectivity index (χ4n) is 7.60. The molecule has 10 rings (SSSR count). The maximum atomic E-state index is 2.54. The third-order valence-electron chi connectivity index (χ3n) is 9.11. The zero-order chi connectivity index (χ0) is 25.2. The molecule has 0 saturated heterocycles. The van der Waals surface area contributed by atoms with E-state index in [4.69, 9.17) is 0 Å². The van der Waals surface area contributed by atoms with E-state index in [9.17, 15) is 0 Å². The summed E-state index contributed by atoms with van der Waals surface area (Å²) in [5.41, 5.74) is 14.5. The van der Waals surface area contributed by atoms with Crippen LogP contribution in [0.2, 0.25) is 0 Å². The summed E-state index contributed by atoms with van der Waals surface area (Å²) < 4.78 is 5.06. The van der Waals surface area contributed by atoms with Crippen LogP contribution in [0.1, 0.15) is 0 Å². The van der Waals surface area contributed by atoms with Crippen LogP contribution in [0.5, 0.6) is 0 Å². The third kappa shape index (κ3) is 2.31. The van der Waals surface area contributed by atoms with Crippen molar-refractivity contribution >= 4 is 66.7 Å². The first-order valence-corrected chi connectivity index (χ1v) is 13.7. The lowest BCUT2D eigenvalue weighted by Crippen LogP contribution is -2.59. The minimum atomic E-state index is 0.181. The van der Waals surface area contributed by atoms with E-state index in [-0.39, 0.29) is 6.71 Å². The Labute approximate surface area is 225 Å². The van der Waals surface area contributed by atoms with Gasteiger partial charge in [-0.05, 0) is 51.8 Å². The highest BCUT2D eigenvalue weighted by Crippen LogP contribution is 2.40. The van der Waals surface area contributed by atoms with E-state index < -0.39 is 0 Å². The normalized spacial score (nSPS) is 13.1. The molecule has 4 heterocycles. The van der Waals surface area contributed by atoms with Gasteiger partial charge in [0.05, 0.1) is 16.6 Å². The van der Waals surface area contributed by atoms with Crippen LogP contribution in [0.15, 0.2) is 127 Å². The lowest BCUT2D eigenvalue weighted by atomic mass is 9.34. The van der Waals surface area contributed by atoms with E-state index in [1.54, 1.807) is 0 Å². The lowest BCUT2D eigenvalue weighted by molar-refractivity contribution is 1.16. The number of hydrogen-bond donors (Lipinski definition) is 0. The first-order valence-electron chi connectivity index (χ1n) is 13.7. The Morgan fingerprint density at radius 3 is 1.87 bits per heavy atom. The smallest absolute Gasteiger partial charge is 0.252 e. The van der Waals surface area contributed by atoms with Crippen LogP contribution in [-0.2, 0) is 0 Å². The van der Waals surface area contributed by atoms with Crippen molar-refractivity contribution in [1.29, 1.82) is 0 Å². The fourth-order valence-corrected chi connectivity index (χ4v) is 7.60. The molecule has 39 heavy (non-hydrogen) atoms. The molecule has 0 bridgehead atoms. The molecule has 0 aliphatic carbocycles. The average Bonchev–Trinajstić information content (AvgIpc) is 3.53. The van der Waals surface area contributed by atoms with Gasteiger partial charge in [-0.1, -0.05) is 103 Å². The molecule has 6 aromatic carbocycles. The van der Waals surface area contributed by atoms with Crippen molar-refractivity contribution in [2.24, 2.45) is 0 Å². The molecule has 8 aromatic rings. The van der Waals surface area contributed by atoms with Gasteiger partial charge in [0, 0.05) is 38.4 Å². The second-order valence-electron chi connectivity index (χ2n) is 10.9. The van der Waals surface area contributed by atoms with E-state index in [2.05, 4.69) is 137 Å². The summed E-state index contributed by atoms with van der Waals surface area (Å²) in [6.45, 7) is 0.181. The highest BCUT2D eigenvalue weighted by molar-refractivity contribution is 7.00. The van der Waals surface area contributed by atoms with E-state index in [1.165, 1.54) is 82.5 Å². The van der Waals surface area contributed by atoms with Crippen molar-refractivity contribution in [3.63, 3.8) is 0 Å². The Hall–Kier alpha value is -5.02. The summed E-state index contributed by atoms with van der Waals surface area (Å²) in [6, 6.07) is 47.3. The second-order valence-corrected chi connectivity index (χ2v) is 10.9. The van der Waals surface area contributed by atoms with Gasteiger partial charge in [0.2, 0.25) is 0 Å². The maximum absolute atomic E-state index is 2.54. The van der Waals surface area contributed by atoms with Gasteiger partial charge in [0.15, 0.2) is 0 Å². The quantitative estimate of drug-likeness (QED) is 0.226. The Balaban J connectivity index is 1.44. The molecule has 0 N–H and O–H groups in total. The molecule has 0 spiro atoms. The highest BCUT2D eigenvalue weighted by Gasteiger charge is 2.40. The number of aromatic nitrogens is 2. The van der Waals surface area contributed by atoms with E-state index in [0.717, 1.165) is 0 Å². The van der Waals surface area contributed by atoms with Gasteiger partial charge in [-0.15, -0.1) is 0 Å². The lowest BCUT2D eigenvalue weighted by Gasteiger charge is -2.33. The van der Waals surface area contributed by atoms with Crippen LogP contribution in [0.4, 0.5) is 0 Å². The molecule has 178 valence electrons. The minimum Gasteiger partial charge on any atom is -0.310 e. The SMILES string of the molecule is c1ccc(-c2ccc3c(c2)-n2c4ccccc4c4ccc5c(c42)B3c2cccc3c4ccccc4n-5c23)cc1. The second kappa shape index (κ2) is 6.89. The number of benzene rings is 6. The molecular formula is C36H21BN2. The summed E-state index contributed by atoms with van der Waals surface area (Å²) in [7, 11) is 0. The van der Waals surface area contributed by atoms with Gasteiger partial charge in [-0.25, -0.2) is 0 Å². The number of hydrogen-bond acceptors (Lipinski definition) is 0. The van der Waals surface area contributed by atoms with Gasteiger partial charge in [0.1, 0.15) is 0 Å². The standard InChI is InChI=1S/C36H21BN2/c1-2-9-22(10-3-1)23-17-19-28-33(21-23)39-31-16-7-5-12-25(31)27-18-20-32-34(36(27)39)37(28)29-14-8-13-26-24-11-4-6-15-30(24)38(32)35(26)29/h1-21H. The highest BCUT2D eigenvalue weighted by atomic mass is 15.0. The number of nitrogens with zero attached hydrogens (tertiary/aromatic N) is 2. The molecule has 2 nitrogen and oxygen atoms in total. The monoisotopic (exact) mass is 492 g/mol. The van der Waals surface area contributed by atoms with Crippen LogP contribution in [0.3, 0.4) is 0 Å². The Morgan fingerprint density at radius 2 is 1.08 bits per heavy atom. The minimum absolute atomic E-state index is 0.181. The zero-order valence-corrected chi connectivity index (χ0v) is 21.1. The van der Waals surface area contributed by atoms with E-state index in [1.807, 2.05) is 0 Å². The fraction of sp³-hybridized carbons (Fsp3) is 0. The van der Waals surface area contributed by atoms with Gasteiger partial charge >= 0.3 is 0 Å². The first kappa shape index (κ1) is 20.0. The van der Waals surface area contributed by atoms with Crippen molar-refractivity contribution in [2.45, 2.75) is 0 Å². The molecular weight excluding hydrogens is 471 g/mol. The number of fused-ring (bicyclic) bond motifs is 11. The Bertz CT molecular complexity index is 2340. The third-order valence-corrected chi connectivity index (χ3v) is 9.11. The largest absolute Gasteiger partial charge is 0.310 e. The molecule has 2 aromatic heterocycles. The van der Waals surface area contributed by atoms with Gasteiger partial charge in [0.25, 0.3) is 6.71 Å². The summed E-state index contributed by atoms with van der Waals surface area (Å²) in [5.74, 6) is 0. The predicted octanol–water partition coefficient (Wildman–Crippen LogP) is 6.69. The van der Waals surface area contributed by atoms with Crippen molar-refractivity contribution in [1.82, 2.24) is 9.13 Å². The molecule has 0 unspecified atom stereocenters. The van der Waals surface area contributed by atoms with Crippen LogP contribution < -0.4 is 16.4 Å². The van der Waals surface area contributed by atoms with Crippen molar-refractivity contribution in [3.05, 3.63) is 127 Å². The molecule has 0 radical (unpaired) electrons. The topological polar surface area (TPSA) is 9.86 Å². The summed E-state index contributed by atoms with van der Waals surface area (Å²) >= 11 is 0. The molecule has 0 atom stereocenters. The Kier molecular flexibility index (Phi) is 3.54. The summed E-state index contributed by atoms with van der Waals surface area (Å²) in [6.07, 6.45) is 0. The Morgan fingerprint density at radius 1 is 0.410 bits per heavy atom. The van der Waals surface area contributed by atoms with Gasteiger partial charge in [-0.2, -0.15) is 0 Å².